The number of amides is 1. The van der Waals surface area contributed by atoms with Gasteiger partial charge in [0, 0.05) is 42.9 Å². The molecular formula is C41H45N5O6S. The Morgan fingerprint density at radius 1 is 0.868 bits per heavy atom. The van der Waals surface area contributed by atoms with Crippen molar-refractivity contribution in [2.45, 2.75) is 76.8 Å². The quantitative estimate of drug-likeness (QED) is 0.153. The van der Waals surface area contributed by atoms with Crippen LogP contribution in [0, 0.1) is 6.92 Å². The molecule has 12 heteroatoms. The van der Waals surface area contributed by atoms with Crippen LogP contribution in [0.2, 0.25) is 0 Å². The summed E-state index contributed by atoms with van der Waals surface area (Å²) in [6, 6.07) is 17.8. The summed E-state index contributed by atoms with van der Waals surface area (Å²) in [6.45, 7) is 10.6. The number of rotatable bonds is 9. The van der Waals surface area contributed by atoms with Crippen molar-refractivity contribution in [2.24, 2.45) is 0 Å². The van der Waals surface area contributed by atoms with E-state index in [1.807, 2.05) is 52.0 Å². The number of hydrogen-bond acceptors (Lipinski definition) is 9. The second kappa shape index (κ2) is 14.7. The molecule has 0 saturated carbocycles. The number of likely N-dealkylation sites (tertiary alicyclic amines) is 1. The first-order valence-electron chi connectivity index (χ1n) is 18.1. The van der Waals surface area contributed by atoms with Crippen LogP contribution in [0.5, 0.6) is 11.5 Å². The zero-order valence-electron chi connectivity index (χ0n) is 30.7. The number of ether oxygens (including phenoxy) is 2. The molecule has 0 radical (unpaired) electrons. The fourth-order valence-electron chi connectivity index (χ4n) is 6.98. The van der Waals surface area contributed by atoms with Gasteiger partial charge in [-0.3, -0.25) is 14.7 Å². The van der Waals surface area contributed by atoms with Crippen LogP contribution in [0.4, 0.5) is 4.79 Å². The number of ketones is 1. The first kappa shape index (κ1) is 36.3. The van der Waals surface area contributed by atoms with E-state index in [0.29, 0.717) is 59.8 Å². The third-order valence-corrected chi connectivity index (χ3v) is 11.3. The number of hydrogen-bond donors (Lipinski definition) is 0. The lowest BCUT2D eigenvalue weighted by atomic mass is 10.00. The number of Topliss-reactive ketones (excluding diaryl/α,β-unsaturated/α-hetero) is 1. The fraction of sp³-hybridized carbons (Fsp3) is 0.366. The summed E-state index contributed by atoms with van der Waals surface area (Å²) in [5.41, 5.74) is 4.45. The molecule has 2 aromatic carbocycles. The largest absolute Gasteiger partial charge is 0.457 e. The van der Waals surface area contributed by atoms with E-state index in [0.717, 1.165) is 42.6 Å². The highest BCUT2D eigenvalue weighted by molar-refractivity contribution is 7.90. The zero-order valence-corrected chi connectivity index (χ0v) is 31.5. The first-order chi connectivity index (χ1) is 25.3. The summed E-state index contributed by atoms with van der Waals surface area (Å²) < 4.78 is 41.8. The van der Waals surface area contributed by atoms with Crippen molar-refractivity contribution in [2.75, 3.05) is 26.2 Å². The molecule has 53 heavy (non-hydrogen) atoms. The van der Waals surface area contributed by atoms with Crippen LogP contribution in [-0.2, 0) is 38.9 Å². The lowest BCUT2D eigenvalue weighted by molar-refractivity contribution is -0.119. The second-order valence-electron chi connectivity index (χ2n) is 14.9. The van der Waals surface area contributed by atoms with Crippen molar-refractivity contribution >= 4 is 32.9 Å². The van der Waals surface area contributed by atoms with Gasteiger partial charge in [-0.05, 0) is 119 Å². The Bertz CT molecular complexity index is 2270. The fourth-order valence-corrected chi connectivity index (χ4v) is 8.30. The third kappa shape index (κ3) is 8.13. The molecule has 0 spiro atoms. The number of aryl methyl sites for hydroxylation is 1. The Labute approximate surface area is 310 Å². The van der Waals surface area contributed by atoms with Crippen LogP contribution in [-0.4, -0.2) is 75.8 Å². The standard InChI is InChI=1S/C41H45N5O6S/c1-28-8-12-35(13-9-28)53(49,50)46-27-36(30-14-17-42-32(22-30)24-33(47)26-44-19-6-5-7-20-44)38-37(15-18-43-39(38)46)51-34-11-10-29-16-21-45(25-31(29)23-34)40(48)52-41(2,3)4/h8-15,17-18,22-23,27H,5-7,16,19-21,24-26H2,1-4H3. The summed E-state index contributed by atoms with van der Waals surface area (Å²) in [4.78, 5) is 39.1. The highest BCUT2D eigenvalue weighted by Crippen LogP contribution is 2.40. The van der Waals surface area contributed by atoms with Gasteiger partial charge < -0.3 is 14.4 Å². The number of pyridine rings is 2. The number of benzene rings is 2. The first-order valence-corrected chi connectivity index (χ1v) is 19.6. The van der Waals surface area contributed by atoms with Gasteiger partial charge in [0.25, 0.3) is 10.0 Å². The van der Waals surface area contributed by atoms with Crippen LogP contribution < -0.4 is 4.74 Å². The monoisotopic (exact) mass is 735 g/mol. The number of piperidine rings is 1. The maximum atomic E-state index is 14.2. The summed E-state index contributed by atoms with van der Waals surface area (Å²) in [7, 11) is -4.07. The highest BCUT2D eigenvalue weighted by atomic mass is 32.2. The van der Waals surface area contributed by atoms with Gasteiger partial charge in [-0.25, -0.2) is 22.2 Å². The van der Waals surface area contributed by atoms with E-state index >= 15 is 0 Å². The summed E-state index contributed by atoms with van der Waals surface area (Å²) in [5.74, 6) is 1.02. The Morgan fingerprint density at radius 2 is 1.62 bits per heavy atom. The minimum Gasteiger partial charge on any atom is -0.457 e. The Morgan fingerprint density at radius 3 is 2.38 bits per heavy atom. The molecule has 276 valence electrons. The number of nitrogens with zero attached hydrogens (tertiary/aromatic N) is 5. The molecular weight excluding hydrogens is 691 g/mol. The maximum absolute atomic E-state index is 14.2. The van der Waals surface area contributed by atoms with E-state index in [2.05, 4.69) is 14.9 Å². The predicted molar refractivity (Wildman–Crippen MR) is 203 cm³/mol. The minimum atomic E-state index is -4.07. The van der Waals surface area contributed by atoms with Gasteiger partial charge in [0.15, 0.2) is 11.4 Å². The predicted octanol–water partition coefficient (Wildman–Crippen LogP) is 7.33. The van der Waals surface area contributed by atoms with E-state index in [4.69, 9.17) is 9.47 Å². The smallest absolute Gasteiger partial charge is 0.410 e. The molecule has 3 aromatic heterocycles. The van der Waals surface area contributed by atoms with Crippen LogP contribution >= 0.6 is 0 Å². The van der Waals surface area contributed by atoms with E-state index < -0.39 is 15.6 Å². The van der Waals surface area contributed by atoms with Crippen molar-refractivity contribution in [1.82, 2.24) is 23.7 Å². The molecule has 5 aromatic rings. The molecule has 0 bridgehead atoms. The number of carbonyl (C=O) groups excluding carboxylic acids is 2. The van der Waals surface area contributed by atoms with Gasteiger partial charge >= 0.3 is 6.09 Å². The second-order valence-corrected chi connectivity index (χ2v) is 16.8. The van der Waals surface area contributed by atoms with Crippen molar-refractivity contribution in [3.8, 4) is 22.6 Å². The lowest BCUT2D eigenvalue weighted by Gasteiger charge is -2.31. The summed E-state index contributed by atoms with van der Waals surface area (Å²) >= 11 is 0. The highest BCUT2D eigenvalue weighted by Gasteiger charge is 2.28. The lowest BCUT2D eigenvalue weighted by Crippen LogP contribution is -2.39. The van der Waals surface area contributed by atoms with Gasteiger partial charge in [-0.2, -0.15) is 0 Å². The molecule has 11 nitrogen and oxygen atoms in total. The van der Waals surface area contributed by atoms with Crippen molar-refractivity contribution < 1.29 is 27.5 Å². The van der Waals surface area contributed by atoms with Crippen molar-refractivity contribution in [1.29, 1.82) is 0 Å². The summed E-state index contributed by atoms with van der Waals surface area (Å²) in [6.07, 6.45) is 8.63. The molecule has 1 saturated heterocycles. The molecule has 5 heterocycles. The molecule has 0 N–H and O–H groups in total. The molecule has 0 unspecified atom stereocenters. The van der Waals surface area contributed by atoms with E-state index in [1.54, 1.807) is 53.7 Å². The maximum Gasteiger partial charge on any atom is 0.410 e. The van der Waals surface area contributed by atoms with Crippen molar-refractivity contribution in [3.05, 3.63) is 102 Å². The molecule has 1 fully saturated rings. The number of carbonyl (C=O) groups is 2. The van der Waals surface area contributed by atoms with E-state index in [-0.39, 0.29) is 28.8 Å². The minimum absolute atomic E-state index is 0.0873. The third-order valence-electron chi connectivity index (χ3n) is 9.62. The van der Waals surface area contributed by atoms with Crippen LogP contribution in [0.15, 0.2) is 84.1 Å². The SMILES string of the molecule is Cc1ccc(S(=O)(=O)n2cc(-c3ccnc(CC(=O)CN4CCCCC4)c3)c3c(Oc4ccc5c(c4)CN(C(=O)OC(C)(C)C)CC5)ccnc32)cc1. The van der Waals surface area contributed by atoms with Gasteiger partial charge in [-0.15, -0.1) is 0 Å². The van der Waals surface area contributed by atoms with Gasteiger partial charge in [0.2, 0.25) is 0 Å². The van der Waals surface area contributed by atoms with Gasteiger partial charge in [-0.1, -0.05) is 30.2 Å². The van der Waals surface area contributed by atoms with Crippen LogP contribution in [0.25, 0.3) is 22.2 Å². The molecule has 1 amide bonds. The number of aromatic nitrogens is 3. The average Bonchev–Trinajstić information content (AvgIpc) is 3.53. The Kier molecular flexibility index (Phi) is 10.1. The van der Waals surface area contributed by atoms with E-state index in [1.165, 1.54) is 16.6 Å². The summed E-state index contributed by atoms with van der Waals surface area (Å²) in [5, 5.41) is 0.494. The topological polar surface area (TPSA) is 124 Å². The van der Waals surface area contributed by atoms with Gasteiger partial charge in [0.1, 0.15) is 17.1 Å². The average molecular weight is 736 g/mol. The molecule has 2 aliphatic rings. The van der Waals surface area contributed by atoms with Crippen LogP contribution in [0.3, 0.4) is 0 Å². The van der Waals surface area contributed by atoms with Gasteiger partial charge in [0.05, 0.1) is 23.2 Å². The number of fused-ring (bicyclic) bond motifs is 2. The molecule has 7 rings (SSSR count). The van der Waals surface area contributed by atoms with Crippen LogP contribution in [0.1, 0.15) is 62.4 Å². The van der Waals surface area contributed by atoms with E-state index in [9.17, 15) is 18.0 Å². The molecule has 2 aliphatic heterocycles. The normalized spacial score (nSPS) is 15.3. The van der Waals surface area contributed by atoms with Crippen molar-refractivity contribution in [3.63, 3.8) is 0 Å². The molecule has 0 aliphatic carbocycles. The zero-order chi connectivity index (χ0) is 37.3. The Balaban J connectivity index is 1.26. The molecule has 0 atom stereocenters. The Hall–Kier alpha value is -5.07.